The Morgan fingerprint density at radius 2 is 0.450 bits per heavy atom. The zero-order valence-corrected chi connectivity index (χ0v) is 83.3. The largest absolute Gasteiger partial charge is 1.20 e. The molecule has 21 aromatic carbocycles. The summed E-state index contributed by atoms with van der Waals surface area (Å²) >= 11 is -2.86. The van der Waals surface area contributed by atoms with Gasteiger partial charge in [0.25, 0.3) is 7.98 Å². The Balaban J connectivity index is 0.000000128. The third-order valence-electron chi connectivity index (χ3n) is 26.8. The van der Waals surface area contributed by atoms with E-state index in [4.69, 9.17) is 11.4 Å². The Kier molecular flexibility index (Phi) is 27.4. The molecule has 26 aromatic rings. The molecule has 0 saturated carbocycles. The topological polar surface area (TPSA) is 102 Å². The Bertz CT molecular complexity index is 8510. The molecule has 5 heterocycles. The highest BCUT2D eigenvalue weighted by atomic mass is 31.0. The summed E-state index contributed by atoms with van der Waals surface area (Å²) in [5.74, 6) is 1.82. The third-order valence-corrected chi connectivity index (χ3v) is 28.1. The fraction of sp³-hybridized carbons (Fsp3) is 0. The zero-order valence-electron chi connectivity index (χ0n) is 81.1. The average Bonchev–Trinajstić information content (AvgIpc) is 1.60. The summed E-state index contributed by atoms with van der Waals surface area (Å²) < 4.78 is 26.8. The van der Waals surface area contributed by atoms with Crippen molar-refractivity contribution in [2.24, 2.45) is 4.66 Å². The normalized spacial score (nSPS) is 11.1. The molecule has 16 heteroatoms. The lowest BCUT2D eigenvalue weighted by molar-refractivity contribution is 0.311. The van der Waals surface area contributed by atoms with E-state index in [1.165, 1.54) is 76.3 Å². The van der Waals surface area contributed by atoms with Gasteiger partial charge in [-0.05, 0) is 260 Å². The molecule has 0 aliphatic carbocycles. The minimum absolute atomic E-state index is 0.608. The third kappa shape index (κ3) is 19.9. The Hall–Kier alpha value is -19.0. The van der Waals surface area contributed by atoms with Crippen molar-refractivity contribution >= 4 is 210 Å². The van der Waals surface area contributed by atoms with Gasteiger partial charge in [-0.25, -0.2) is 0 Å². The van der Waals surface area contributed by atoms with Crippen LogP contribution in [0.2, 0.25) is 0 Å². The standard InChI is InChI=1S/C62H44N4.C44H32N2.3C9H7NO.Al.BHNP/c1-3-15-47(16-4-1)63(51-37-41-53(42-38-51)65-59-23-11-7-19-55(59)56-20-8-12-24-60(56)65)49-33-29-45(30-34-49)27-28-46-31-35-50(36-32-46)64(48-17-5-2-6-18-48)52-39-43-54(44-40-52)66-61-25-13-9-21-57(61)58-22-10-14-26-62(58)66;1-3-17-37(18-4-1)45(43-23-11-15-35-13-7-9-21-41(35)43)39-29-25-33(26-30-39)34-27-31-40(32-28-34)46(38-19-5-2-6-20-38)44-24-12-16-36-14-8-10-22-42(36)44;3*11-8-5-1-3-7-4-2-6-10-9(7)8;;1-2-3/h1-44H;1-32H;3*1-6,11H;;3H/q;;;;;+3;/p-3/b28-27+;;;;;;. The van der Waals surface area contributed by atoms with Crippen LogP contribution in [0, 0.1) is 0 Å². The van der Waals surface area contributed by atoms with Crippen molar-refractivity contribution in [1.82, 2.24) is 24.1 Å². The number of rotatable bonds is 23. The van der Waals surface area contributed by atoms with Gasteiger partial charge >= 0.3 is 15.1 Å². The van der Waals surface area contributed by atoms with Crippen LogP contribution in [0.15, 0.2) is 563 Å². The Labute approximate surface area is 873 Å². The van der Waals surface area contributed by atoms with Crippen molar-refractivity contribution in [3.05, 3.63) is 570 Å². The molecule has 0 aliphatic rings. The van der Waals surface area contributed by atoms with E-state index < -0.39 is 15.1 Å². The molecule has 13 nitrogen and oxygen atoms in total. The highest BCUT2D eigenvalue weighted by Gasteiger charge is 2.46. The lowest BCUT2D eigenvalue weighted by atomic mass is 10.0. The van der Waals surface area contributed by atoms with E-state index in [9.17, 15) is 0 Å². The molecule has 0 N–H and O–H groups in total. The van der Waals surface area contributed by atoms with E-state index in [2.05, 4.69) is 526 Å². The SMILES string of the molecule is C(=C\c1ccc(N(c2ccccc2)c2ccc(-n3c4ccccc4c4ccccc43)cc2)cc1)/c1ccc(N(c2ccccc2)c2ccc(-n3c4ccccc4c4ccccc43)cc2)cc1.[B]N=P.c1ccc(N(c2ccc(-c3ccc(N(c4ccccc4)c4cccc5ccccc45)cc3)cc2)c2cccc3ccccc23)cc1.c1cnc2c([O][Al]([O]c3cccc4cccnc34)[O]c3cccc4cccnc34)cccc2c1. The average molecular weight is 1950 g/mol. The number of pyridine rings is 3. The van der Waals surface area contributed by atoms with Crippen molar-refractivity contribution in [2.45, 2.75) is 0 Å². The minimum atomic E-state index is -2.86. The van der Waals surface area contributed by atoms with Crippen LogP contribution in [0.3, 0.4) is 0 Å². The summed E-state index contributed by atoms with van der Waals surface area (Å²) in [6, 6.07) is 190. The molecule has 0 unspecified atom stereocenters. The van der Waals surface area contributed by atoms with Gasteiger partial charge in [0.1, 0.15) is 33.8 Å². The van der Waals surface area contributed by atoms with Gasteiger partial charge < -0.3 is 44.8 Å². The molecule has 0 aliphatic heterocycles. The minimum Gasteiger partial charge on any atom is -0.576 e. The molecule has 0 amide bonds. The van der Waals surface area contributed by atoms with Crippen LogP contribution in [-0.4, -0.2) is 47.2 Å². The zero-order chi connectivity index (χ0) is 100.0. The first-order valence-corrected chi connectivity index (χ1v) is 51.4. The maximum absolute atomic E-state index is 6.41. The summed E-state index contributed by atoms with van der Waals surface area (Å²) in [6.07, 6.45) is 9.62. The summed E-state index contributed by atoms with van der Waals surface area (Å²) in [7, 11) is 6.97. The van der Waals surface area contributed by atoms with Gasteiger partial charge in [0, 0.05) is 135 Å². The lowest BCUT2D eigenvalue weighted by Crippen LogP contribution is -2.37. The molecule has 26 rings (SSSR count). The van der Waals surface area contributed by atoms with Gasteiger partial charge in [0.2, 0.25) is 0 Å². The second-order valence-electron chi connectivity index (χ2n) is 35.8. The Morgan fingerprint density at radius 1 is 0.221 bits per heavy atom. The van der Waals surface area contributed by atoms with Crippen molar-refractivity contribution in [1.29, 1.82) is 0 Å². The molecule has 706 valence electrons. The highest BCUT2D eigenvalue weighted by Crippen LogP contribution is 2.46. The number of fused-ring (bicyclic) bond motifs is 11. The number of nitrogens with zero attached hydrogens (tertiary/aromatic N) is 10. The van der Waals surface area contributed by atoms with E-state index in [1.807, 2.05) is 91.0 Å². The molecular formula is C133H95AlBN10O3P. The van der Waals surface area contributed by atoms with E-state index >= 15 is 0 Å². The number of hydrogen-bond donors (Lipinski definition) is 0. The van der Waals surface area contributed by atoms with Gasteiger partial charge in [-0.2, -0.15) is 0 Å². The van der Waals surface area contributed by atoms with Gasteiger partial charge in [-0.15, -0.1) is 0 Å². The molecule has 0 bridgehead atoms. The molecule has 5 aromatic heterocycles. The highest BCUT2D eigenvalue weighted by molar-refractivity contribution is 7.05. The summed E-state index contributed by atoms with van der Waals surface area (Å²) in [6.45, 7) is 0. The summed E-state index contributed by atoms with van der Waals surface area (Å²) in [4.78, 5) is 22.9. The smallest absolute Gasteiger partial charge is 0.576 e. The van der Waals surface area contributed by atoms with Crippen LogP contribution in [-0.2, 0) is 0 Å². The molecule has 0 fully saturated rings. The second-order valence-corrected chi connectivity index (χ2v) is 37.4. The van der Waals surface area contributed by atoms with Crippen LogP contribution in [0.25, 0.3) is 133 Å². The van der Waals surface area contributed by atoms with E-state index in [1.54, 1.807) is 18.6 Å². The first-order chi connectivity index (χ1) is 73.8. The fourth-order valence-electron chi connectivity index (χ4n) is 19.9. The predicted molar refractivity (Wildman–Crippen MR) is 625 cm³/mol. The number of aromatic nitrogens is 5. The number of anilines is 12. The number of benzene rings is 21. The van der Waals surface area contributed by atoms with Gasteiger partial charge in [0.15, 0.2) is 0 Å². The van der Waals surface area contributed by atoms with Crippen LogP contribution in [0.5, 0.6) is 17.2 Å². The monoisotopic (exact) mass is 1950 g/mol. The summed E-state index contributed by atoms with van der Waals surface area (Å²) in [5.41, 5.74) is 27.4. The quantitative estimate of drug-likeness (QED) is 0.0350. The Morgan fingerprint density at radius 3 is 0.765 bits per heavy atom. The van der Waals surface area contributed by atoms with E-state index in [-0.39, 0.29) is 0 Å². The molecular weight excluding hydrogens is 1850 g/mol. The van der Waals surface area contributed by atoms with Crippen LogP contribution in [0.4, 0.5) is 68.2 Å². The maximum atomic E-state index is 6.41. The first-order valence-electron chi connectivity index (χ1n) is 49.6. The van der Waals surface area contributed by atoms with Crippen molar-refractivity contribution in [2.75, 3.05) is 19.6 Å². The maximum Gasteiger partial charge on any atom is 1.20 e. The first kappa shape index (κ1) is 93.6. The molecule has 2 radical (unpaired) electrons. The fourth-order valence-corrected chi connectivity index (χ4v) is 21.3. The van der Waals surface area contributed by atoms with Crippen molar-refractivity contribution < 1.29 is 11.4 Å². The summed E-state index contributed by atoms with van der Waals surface area (Å²) in [5, 5.41) is 12.9. The number of hydrogen-bond acceptors (Lipinski definition) is 11. The second kappa shape index (κ2) is 43.7. The predicted octanol–water partition coefficient (Wildman–Crippen LogP) is 35.8. The van der Waals surface area contributed by atoms with E-state index in [0.717, 1.165) is 123 Å². The van der Waals surface area contributed by atoms with Crippen molar-refractivity contribution in [3.8, 4) is 39.8 Å². The van der Waals surface area contributed by atoms with Gasteiger partial charge in [0.05, 0.1) is 33.4 Å². The van der Waals surface area contributed by atoms with Crippen LogP contribution < -0.4 is 31.0 Å². The van der Waals surface area contributed by atoms with Gasteiger partial charge in [-0.3, -0.25) is 15.0 Å². The number of para-hydroxylation sites is 11. The van der Waals surface area contributed by atoms with Crippen molar-refractivity contribution in [3.63, 3.8) is 0 Å². The molecule has 0 atom stereocenters. The molecule has 149 heavy (non-hydrogen) atoms. The molecule has 0 spiro atoms. The van der Waals surface area contributed by atoms with Gasteiger partial charge in [-0.1, -0.05) is 334 Å². The van der Waals surface area contributed by atoms with Crippen LogP contribution in [0.1, 0.15) is 11.1 Å². The van der Waals surface area contributed by atoms with Crippen LogP contribution >= 0.6 is 9.03 Å². The molecule has 0 saturated heterocycles. The van der Waals surface area contributed by atoms with E-state index in [0.29, 0.717) is 17.2 Å². The lowest BCUT2D eigenvalue weighted by Gasteiger charge is -2.27.